The minimum absolute atomic E-state index is 0.0657. The Bertz CT molecular complexity index is 696. The van der Waals surface area contributed by atoms with Crippen molar-refractivity contribution in [3.8, 4) is 5.75 Å². The van der Waals surface area contributed by atoms with Gasteiger partial charge in [0, 0.05) is 11.9 Å². The van der Waals surface area contributed by atoms with Crippen LogP contribution in [0.4, 0.5) is 0 Å². The van der Waals surface area contributed by atoms with Crippen molar-refractivity contribution in [2.75, 3.05) is 26.2 Å². The van der Waals surface area contributed by atoms with Crippen LogP contribution in [0, 0.1) is 0 Å². The van der Waals surface area contributed by atoms with Crippen LogP contribution in [0.15, 0.2) is 42.5 Å². The standard InChI is InChI=1S/C17H19NO6/c19-13(8-18(9-16(20)21)10-17(22)23)11-24-15-7-3-5-12-4-1-2-6-14(12)15/h1-7,13,19H,8-11H2,(H,20,21)(H,22,23). The largest absolute Gasteiger partial charge is 0.490 e. The number of fused-ring (bicyclic) bond motifs is 1. The van der Waals surface area contributed by atoms with E-state index < -0.39 is 31.1 Å². The van der Waals surface area contributed by atoms with Crippen molar-refractivity contribution in [3.05, 3.63) is 42.5 Å². The van der Waals surface area contributed by atoms with E-state index in [0.29, 0.717) is 5.75 Å². The van der Waals surface area contributed by atoms with E-state index in [0.717, 1.165) is 15.7 Å². The van der Waals surface area contributed by atoms with Gasteiger partial charge in [0.1, 0.15) is 18.5 Å². The first-order valence-corrected chi connectivity index (χ1v) is 7.40. The highest BCUT2D eigenvalue weighted by molar-refractivity contribution is 5.88. The first-order valence-electron chi connectivity index (χ1n) is 7.40. The third kappa shape index (κ3) is 5.22. The van der Waals surface area contributed by atoms with Gasteiger partial charge in [-0.25, -0.2) is 0 Å². The van der Waals surface area contributed by atoms with Crippen molar-refractivity contribution in [2.45, 2.75) is 6.10 Å². The van der Waals surface area contributed by atoms with Crippen LogP contribution in [-0.2, 0) is 9.59 Å². The Labute approximate surface area is 138 Å². The van der Waals surface area contributed by atoms with Crippen LogP contribution in [0.3, 0.4) is 0 Å². The number of rotatable bonds is 9. The fraction of sp³-hybridized carbons (Fsp3) is 0.294. The summed E-state index contributed by atoms with van der Waals surface area (Å²) in [6, 6.07) is 13.2. The van der Waals surface area contributed by atoms with Gasteiger partial charge in [0.15, 0.2) is 0 Å². The number of hydrogen-bond acceptors (Lipinski definition) is 5. The number of ether oxygens (including phenoxy) is 1. The second kappa shape index (κ2) is 8.28. The lowest BCUT2D eigenvalue weighted by atomic mass is 10.1. The number of aliphatic carboxylic acids is 2. The van der Waals surface area contributed by atoms with Gasteiger partial charge >= 0.3 is 11.9 Å². The van der Waals surface area contributed by atoms with Crippen molar-refractivity contribution >= 4 is 22.7 Å². The molecule has 0 aliphatic heterocycles. The van der Waals surface area contributed by atoms with Gasteiger partial charge < -0.3 is 20.1 Å². The molecule has 0 amide bonds. The highest BCUT2D eigenvalue weighted by Gasteiger charge is 2.18. The minimum Gasteiger partial charge on any atom is -0.490 e. The molecule has 0 saturated carbocycles. The number of benzene rings is 2. The summed E-state index contributed by atoms with van der Waals surface area (Å²) < 4.78 is 5.62. The van der Waals surface area contributed by atoms with Crippen LogP contribution >= 0.6 is 0 Å². The van der Waals surface area contributed by atoms with Gasteiger partial charge in [0.2, 0.25) is 0 Å². The van der Waals surface area contributed by atoms with Crippen LogP contribution < -0.4 is 4.74 Å². The van der Waals surface area contributed by atoms with E-state index in [1.165, 1.54) is 0 Å². The van der Waals surface area contributed by atoms with Crippen molar-refractivity contribution in [3.63, 3.8) is 0 Å². The summed E-state index contributed by atoms with van der Waals surface area (Å²) >= 11 is 0. The molecule has 128 valence electrons. The summed E-state index contributed by atoms with van der Waals surface area (Å²) in [6.07, 6.45) is -1.01. The van der Waals surface area contributed by atoms with E-state index in [4.69, 9.17) is 14.9 Å². The molecular formula is C17H19NO6. The minimum atomic E-state index is -1.15. The van der Waals surface area contributed by atoms with Crippen molar-refractivity contribution in [1.29, 1.82) is 0 Å². The SMILES string of the molecule is O=C(O)CN(CC(=O)O)CC(O)COc1cccc2ccccc12. The second-order valence-corrected chi connectivity index (χ2v) is 5.40. The van der Waals surface area contributed by atoms with Gasteiger partial charge in [-0.1, -0.05) is 36.4 Å². The van der Waals surface area contributed by atoms with E-state index in [2.05, 4.69) is 0 Å². The Hall–Kier alpha value is -2.64. The van der Waals surface area contributed by atoms with E-state index in [9.17, 15) is 14.7 Å². The zero-order valence-corrected chi connectivity index (χ0v) is 13.0. The van der Waals surface area contributed by atoms with Crippen LogP contribution in [-0.4, -0.2) is 64.5 Å². The van der Waals surface area contributed by atoms with Crippen molar-refractivity contribution in [2.24, 2.45) is 0 Å². The molecule has 3 N–H and O–H groups in total. The maximum Gasteiger partial charge on any atom is 0.317 e. The third-order valence-corrected chi connectivity index (χ3v) is 3.37. The average Bonchev–Trinajstić information content (AvgIpc) is 2.51. The quantitative estimate of drug-likeness (QED) is 0.629. The molecule has 2 aromatic rings. The Morgan fingerprint density at radius 3 is 2.29 bits per heavy atom. The normalized spacial score (nSPS) is 12.2. The highest BCUT2D eigenvalue weighted by atomic mass is 16.5. The number of carbonyl (C=O) groups is 2. The van der Waals surface area contributed by atoms with Gasteiger partial charge in [-0.2, -0.15) is 0 Å². The highest BCUT2D eigenvalue weighted by Crippen LogP contribution is 2.25. The molecule has 1 atom stereocenters. The Balaban J connectivity index is 1.96. The summed E-state index contributed by atoms with van der Waals surface area (Å²) in [5, 5.41) is 29.5. The number of carboxylic acid groups (broad SMARTS) is 2. The molecule has 0 aliphatic carbocycles. The average molecular weight is 333 g/mol. The van der Waals surface area contributed by atoms with Gasteiger partial charge in [0.25, 0.3) is 0 Å². The molecule has 0 saturated heterocycles. The van der Waals surface area contributed by atoms with Gasteiger partial charge in [0.05, 0.1) is 13.1 Å². The van der Waals surface area contributed by atoms with Crippen molar-refractivity contribution in [1.82, 2.24) is 4.90 Å². The van der Waals surface area contributed by atoms with E-state index in [1.807, 2.05) is 36.4 Å². The maximum absolute atomic E-state index is 10.8. The lowest BCUT2D eigenvalue weighted by Gasteiger charge is -2.22. The Morgan fingerprint density at radius 2 is 1.62 bits per heavy atom. The number of hydrogen-bond donors (Lipinski definition) is 3. The summed E-state index contributed by atoms with van der Waals surface area (Å²) in [6.45, 7) is -1.09. The monoisotopic (exact) mass is 333 g/mol. The molecule has 24 heavy (non-hydrogen) atoms. The Morgan fingerprint density at radius 1 is 1.00 bits per heavy atom. The molecule has 0 fully saturated rings. The molecule has 0 radical (unpaired) electrons. The van der Waals surface area contributed by atoms with Crippen LogP contribution in [0.25, 0.3) is 10.8 Å². The first-order chi connectivity index (χ1) is 11.5. The van der Waals surface area contributed by atoms with Gasteiger partial charge in [-0.05, 0) is 11.5 Å². The lowest BCUT2D eigenvalue weighted by Crippen LogP contribution is -2.41. The molecule has 0 heterocycles. The van der Waals surface area contributed by atoms with Crippen LogP contribution in [0.5, 0.6) is 5.75 Å². The molecule has 7 nitrogen and oxygen atoms in total. The summed E-state index contributed by atoms with van der Waals surface area (Å²) in [5.74, 6) is -1.70. The predicted molar refractivity (Wildman–Crippen MR) is 87.2 cm³/mol. The van der Waals surface area contributed by atoms with E-state index >= 15 is 0 Å². The molecule has 0 aromatic heterocycles. The fourth-order valence-electron chi connectivity index (χ4n) is 2.43. The summed E-state index contributed by atoms with van der Waals surface area (Å²) in [4.78, 5) is 22.6. The molecule has 2 rings (SSSR count). The van der Waals surface area contributed by atoms with Crippen LogP contribution in [0.2, 0.25) is 0 Å². The smallest absolute Gasteiger partial charge is 0.317 e. The van der Waals surface area contributed by atoms with Gasteiger partial charge in [-0.3, -0.25) is 14.5 Å². The van der Waals surface area contributed by atoms with Gasteiger partial charge in [-0.15, -0.1) is 0 Å². The van der Waals surface area contributed by atoms with Crippen LogP contribution in [0.1, 0.15) is 0 Å². The molecule has 7 heteroatoms. The molecule has 2 aromatic carbocycles. The number of carboxylic acids is 2. The molecule has 0 aliphatic rings. The molecule has 1 unspecified atom stereocenters. The number of nitrogens with zero attached hydrogens (tertiary/aromatic N) is 1. The van der Waals surface area contributed by atoms with Crippen molar-refractivity contribution < 1.29 is 29.6 Å². The zero-order chi connectivity index (χ0) is 17.5. The lowest BCUT2D eigenvalue weighted by molar-refractivity contribution is -0.142. The summed E-state index contributed by atoms with van der Waals surface area (Å²) in [5.41, 5.74) is 0. The van der Waals surface area contributed by atoms with E-state index in [-0.39, 0.29) is 13.2 Å². The molecular weight excluding hydrogens is 314 g/mol. The predicted octanol–water partition coefficient (Wildman–Crippen LogP) is 1.05. The topological polar surface area (TPSA) is 107 Å². The van der Waals surface area contributed by atoms with E-state index in [1.54, 1.807) is 6.07 Å². The fourth-order valence-corrected chi connectivity index (χ4v) is 2.43. The third-order valence-electron chi connectivity index (χ3n) is 3.37. The zero-order valence-electron chi connectivity index (χ0n) is 13.0. The molecule has 0 spiro atoms. The number of aliphatic hydroxyl groups is 1. The summed E-state index contributed by atoms with van der Waals surface area (Å²) in [7, 11) is 0. The molecule has 0 bridgehead atoms. The number of aliphatic hydroxyl groups excluding tert-OH is 1. The Kier molecular flexibility index (Phi) is 6.11. The second-order valence-electron chi connectivity index (χ2n) is 5.40. The first kappa shape index (κ1) is 17.7. The maximum atomic E-state index is 10.8.